The van der Waals surface area contributed by atoms with Gasteiger partial charge in [0.15, 0.2) is 5.69 Å². The molecule has 0 bridgehead atoms. The first-order valence-corrected chi connectivity index (χ1v) is 10.5. The normalized spacial score (nSPS) is 19.1. The van der Waals surface area contributed by atoms with Crippen LogP contribution >= 0.6 is 0 Å². The predicted molar refractivity (Wildman–Crippen MR) is 112 cm³/mol. The quantitative estimate of drug-likeness (QED) is 0.575. The maximum absolute atomic E-state index is 13.1. The van der Waals surface area contributed by atoms with Crippen LogP contribution in [0.15, 0.2) is 35.6 Å². The van der Waals surface area contributed by atoms with E-state index in [2.05, 4.69) is 9.88 Å². The van der Waals surface area contributed by atoms with Crippen LogP contribution in [0.3, 0.4) is 0 Å². The van der Waals surface area contributed by atoms with Gasteiger partial charge in [-0.3, -0.25) is 19.4 Å². The summed E-state index contributed by atoms with van der Waals surface area (Å²) in [6.07, 6.45) is 6.25. The van der Waals surface area contributed by atoms with Gasteiger partial charge < -0.3 is 9.30 Å². The predicted octanol–water partition coefficient (Wildman–Crippen LogP) is 2.82. The fraction of sp³-hybridized carbons (Fsp3) is 0.455. The van der Waals surface area contributed by atoms with Crippen LogP contribution in [0.5, 0.6) is 5.75 Å². The summed E-state index contributed by atoms with van der Waals surface area (Å²) in [5.74, 6) is 1.69. The van der Waals surface area contributed by atoms with Crippen LogP contribution in [-0.2, 0) is 11.3 Å². The molecular weight excluding hydrogens is 382 g/mol. The number of amides is 1. The number of aliphatic imine (C=N–C) groups is 1. The van der Waals surface area contributed by atoms with Gasteiger partial charge in [0, 0.05) is 13.5 Å². The van der Waals surface area contributed by atoms with Crippen molar-refractivity contribution in [3.8, 4) is 5.75 Å². The molecule has 1 saturated carbocycles. The van der Waals surface area contributed by atoms with Crippen molar-refractivity contribution < 1.29 is 14.3 Å². The summed E-state index contributed by atoms with van der Waals surface area (Å²) >= 11 is 0. The van der Waals surface area contributed by atoms with Crippen LogP contribution in [0.4, 0.5) is 5.82 Å². The molecule has 0 atom stereocenters. The molecule has 1 amide bonds. The topological polar surface area (TPSA) is 80.0 Å². The molecule has 8 nitrogen and oxygen atoms in total. The second-order valence-electron chi connectivity index (χ2n) is 8.26. The van der Waals surface area contributed by atoms with Gasteiger partial charge in [-0.2, -0.15) is 0 Å². The summed E-state index contributed by atoms with van der Waals surface area (Å²) in [6, 6.07) is 7.40. The number of benzene rings is 1. The van der Waals surface area contributed by atoms with Gasteiger partial charge in [-0.05, 0) is 37.5 Å². The standard InChI is InChI=1S/C22H25N5O3/c1-3-26-20(29)18-19(27-13-22(24-21(26)27)10-4-5-11-22)25(14-23-18)12-16-6-8-17(9-7-16)30-15(2)28/h6-9,14H,3-5,10-13H2,1-2H3. The summed E-state index contributed by atoms with van der Waals surface area (Å²) in [5, 5.41) is 0. The smallest absolute Gasteiger partial charge is 0.308 e. The molecule has 1 aliphatic carbocycles. The van der Waals surface area contributed by atoms with Gasteiger partial charge in [-0.15, -0.1) is 0 Å². The zero-order valence-corrected chi connectivity index (χ0v) is 17.3. The second-order valence-corrected chi connectivity index (χ2v) is 8.26. The van der Waals surface area contributed by atoms with Crippen molar-refractivity contribution in [1.29, 1.82) is 0 Å². The van der Waals surface area contributed by atoms with E-state index < -0.39 is 0 Å². The van der Waals surface area contributed by atoms with Crippen molar-refractivity contribution in [3.05, 3.63) is 41.9 Å². The molecule has 156 valence electrons. The number of anilines is 1. The highest BCUT2D eigenvalue weighted by Gasteiger charge is 2.49. The minimum absolute atomic E-state index is 0.0780. The second kappa shape index (κ2) is 6.97. The average molecular weight is 407 g/mol. The maximum atomic E-state index is 13.1. The van der Waals surface area contributed by atoms with Gasteiger partial charge in [0.1, 0.15) is 11.6 Å². The van der Waals surface area contributed by atoms with E-state index in [1.807, 2.05) is 23.6 Å². The lowest BCUT2D eigenvalue weighted by atomic mass is 9.99. The van der Waals surface area contributed by atoms with Crippen LogP contribution < -0.4 is 9.64 Å². The number of nitrogens with zero attached hydrogens (tertiary/aromatic N) is 5. The van der Waals surface area contributed by atoms with E-state index in [0.717, 1.165) is 36.7 Å². The molecule has 0 saturated heterocycles. The van der Waals surface area contributed by atoms with Gasteiger partial charge in [-0.1, -0.05) is 25.0 Å². The van der Waals surface area contributed by atoms with E-state index in [-0.39, 0.29) is 17.4 Å². The molecule has 1 fully saturated rings. The minimum atomic E-state index is -0.341. The molecule has 2 aliphatic heterocycles. The SMILES string of the molecule is CCN1C(=O)c2ncn(Cc3ccc(OC(C)=O)cc3)c2N2CC3(CCCC3)N=C12. The molecule has 3 aliphatic rings. The lowest BCUT2D eigenvalue weighted by Crippen LogP contribution is -2.51. The number of hydrogen-bond acceptors (Lipinski definition) is 6. The lowest BCUT2D eigenvalue weighted by molar-refractivity contribution is -0.131. The highest BCUT2D eigenvalue weighted by Crippen LogP contribution is 2.42. The Hall–Kier alpha value is -3.16. The molecule has 0 N–H and O–H groups in total. The van der Waals surface area contributed by atoms with E-state index in [1.54, 1.807) is 23.4 Å². The first-order valence-electron chi connectivity index (χ1n) is 10.5. The van der Waals surface area contributed by atoms with Gasteiger partial charge in [0.25, 0.3) is 5.91 Å². The number of aromatic nitrogens is 2. The Bertz CT molecular complexity index is 1030. The zero-order valence-electron chi connectivity index (χ0n) is 17.3. The molecule has 2 aromatic rings. The number of carbonyl (C=O) groups is 2. The number of rotatable bonds is 4. The zero-order chi connectivity index (χ0) is 20.9. The van der Waals surface area contributed by atoms with Gasteiger partial charge in [-0.25, -0.2) is 9.98 Å². The first-order chi connectivity index (χ1) is 14.5. The van der Waals surface area contributed by atoms with Crippen molar-refractivity contribution in [1.82, 2.24) is 14.5 Å². The highest BCUT2D eigenvalue weighted by molar-refractivity contribution is 6.18. The van der Waals surface area contributed by atoms with Crippen molar-refractivity contribution in [2.45, 2.75) is 51.6 Å². The molecule has 5 rings (SSSR count). The van der Waals surface area contributed by atoms with Crippen molar-refractivity contribution in [2.24, 2.45) is 4.99 Å². The molecular formula is C22H25N5O3. The Kier molecular flexibility index (Phi) is 4.38. The fourth-order valence-electron chi connectivity index (χ4n) is 4.81. The summed E-state index contributed by atoms with van der Waals surface area (Å²) in [7, 11) is 0. The van der Waals surface area contributed by atoms with E-state index in [4.69, 9.17) is 9.73 Å². The van der Waals surface area contributed by atoms with E-state index in [1.165, 1.54) is 19.8 Å². The number of hydrogen-bond donors (Lipinski definition) is 0. The molecule has 0 radical (unpaired) electrons. The van der Waals surface area contributed by atoms with Crippen molar-refractivity contribution in [2.75, 3.05) is 18.0 Å². The number of imidazole rings is 1. The molecule has 0 unspecified atom stereocenters. The Labute approximate surface area is 175 Å². The van der Waals surface area contributed by atoms with Crippen LogP contribution in [0, 0.1) is 0 Å². The lowest BCUT2D eigenvalue weighted by Gasteiger charge is -2.34. The van der Waals surface area contributed by atoms with E-state index in [9.17, 15) is 9.59 Å². The molecule has 1 spiro atoms. The Morgan fingerprint density at radius 2 is 1.93 bits per heavy atom. The van der Waals surface area contributed by atoms with Crippen LogP contribution in [0.1, 0.15) is 55.6 Å². The van der Waals surface area contributed by atoms with Gasteiger partial charge in [0.05, 0.1) is 25.0 Å². The number of carbonyl (C=O) groups excluding carboxylic acids is 2. The molecule has 3 heterocycles. The van der Waals surface area contributed by atoms with Crippen molar-refractivity contribution >= 4 is 23.7 Å². The summed E-state index contributed by atoms with van der Waals surface area (Å²) in [6.45, 7) is 5.31. The maximum Gasteiger partial charge on any atom is 0.308 e. The molecule has 1 aromatic carbocycles. The third-order valence-electron chi connectivity index (χ3n) is 6.17. The minimum Gasteiger partial charge on any atom is -0.427 e. The third kappa shape index (κ3) is 2.98. The summed E-state index contributed by atoms with van der Waals surface area (Å²) in [5.41, 5.74) is 1.44. The van der Waals surface area contributed by atoms with Gasteiger partial charge >= 0.3 is 5.97 Å². The molecule has 8 heteroatoms. The fourth-order valence-corrected chi connectivity index (χ4v) is 4.81. The Morgan fingerprint density at radius 1 is 1.20 bits per heavy atom. The Balaban J connectivity index is 1.48. The monoisotopic (exact) mass is 407 g/mol. The van der Waals surface area contributed by atoms with E-state index >= 15 is 0 Å². The number of fused-ring (bicyclic) bond motifs is 3. The largest absolute Gasteiger partial charge is 0.427 e. The molecule has 30 heavy (non-hydrogen) atoms. The third-order valence-corrected chi connectivity index (χ3v) is 6.17. The van der Waals surface area contributed by atoms with Crippen LogP contribution in [-0.4, -0.2) is 50.9 Å². The number of esters is 1. The van der Waals surface area contributed by atoms with Gasteiger partial charge in [0.2, 0.25) is 5.96 Å². The van der Waals surface area contributed by atoms with Crippen LogP contribution in [0.25, 0.3) is 0 Å². The molecule has 1 aromatic heterocycles. The number of ether oxygens (including phenoxy) is 1. The summed E-state index contributed by atoms with van der Waals surface area (Å²) < 4.78 is 7.13. The Morgan fingerprint density at radius 3 is 2.60 bits per heavy atom. The highest BCUT2D eigenvalue weighted by atomic mass is 16.5. The average Bonchev–Trinajstić information content (AvgIpc) is 3.43. The van der Waals surface area contributed by atoms with Crippen molar-refractivity contribution in [3.63, 3.8) is 0 Å². The number of guanidine groups is 1. The summed E-state index contributed by atoms with van der Waals surface area (Å²) in [4.78, 5) is 37.7. The first kappa shape index (κ1) is 18.8. The van der Waals surface area contributed by atoms with E-state index in [0.29, 0.717) is 24.5 Å². The van der Waals surface area contributed by atoms with Crippen LogP contribution in [0.2, 0.25) is 0 Å².